The molecule has 0 spiro atoms. The number of carbonyl (C=O) groups excluding carboxylic acids is 1. The lowest BCUT2D eigenvalue weighted by atomic mass is 10.1. The van der Waals surface area contributed by atoms with E-state index in [-0.39, 0.29) is 17.4 Å². The highest BCUT2D eigenvalue weighted by Gasteiger charge is 2.12. The summed E-state index contributed by atoms with van der Waals surface area (Å²) < 4.78 is 13.6. The maximum Gasteiger partial charge on any atom is 0.259 e. The fraction of sp³-hybridized carbons (Fsp3) is 0.105. The van der Waals surface area contributed by atoms with E-state index in [4.69, 9.17) is 0 Å². The van der Waals surface area contributed by atoms with Crippen LogP contribution >= 0.6 is 0 Å². The Hall–Kier alpha value is -3.28. The second kappa shape index (κ2) is 7.53. The van der Waals surface area contributed by atoms with Crippen LogP contribution in [0.5, 0.6) is 0 Å². The minimum atomic E-state index is -0.581. The number of hydrogen-bond acceptors (Lipinski definition) is 4. The quantitative estimate of drug-likeness (QED) is 0.738. The Labute approximate surface area is 144 Å². The van der Waals surface area contributed by atoms with E-state index >= 15 is 0 Å². The number of rotatable bonds is 5. The van der Waals surface area contributed by atoms with Crippen LogP contribution in [0, 0.1) is 5.82 Å². The molecule has 1 aromatic heterocycles. The van der Waals surface area contributed by atoms with Crippen molar-refractivity contribution < 1.29 is 9.18 Å². The Morgan fingerprint density at radius 3 is 2.24 bits per heavy atom. The Balaban J connectivity index is 1.64. The zero-order valence-electron chi connectivity index (χ0n) is 13.6. The predicted octanol–water partition coefficient (Wildman–Crippen LogP) is 4.04. The van der Waals surface area contributed by atoms with E-state index in [9.17, 15) is 9.18 Å². The van der Waals surface area contributed by atoms with Crippen LogP contribution in [0.2, 0.25) is 0 Å². The first-order valence-electron chi connectivity index (χ1n) is 7.84. The molecule has 1 atom stereocenters. The van der Waals surface area contributed by atoms with Crippen LogP contribution in [0.3, 0.4) is 0 Å². The van der Waals surface area contributed by atoms with Crippen molar-refractivity contribution in [3.8, 4) is 0 Å². The smallest absolute Gasteiger partial charge is 0.259 e. The molecule has 2 aromatic carbocycles. The third-order valence-corrected chi connectivity index (χ3v) is 3.69. The van der Waals surface area contributed by atoms with Gasteiger partial charge in [0.25, 0.3) is 5.91 Å². The Kier molecular flexibility index (Phi) is 4.99. The number of hydrogen-bond donors (Lipinski definition) is 2. The Bertz CT molecular complexity index is 853. The first kappa shape index (κ1) is 16.6. The van der Waals surface area contributed by atoms with E-state index in [1.807, 2.05) is 37.3 Å². The van der Waals surface area contributed by atoms with Gasteiger partial charge in [0.1, 0.15) is 11.6 Å². The zero-order valence-corrected chi connectivity index (χ0v) is 13.6. The summed E-state index contributed by atoms with van der Waals surface area (Å²) in [7, 11) is 0. The normalized spacial score (nSPS) is 11.6. The van der Waals surface area contributed by atoms with Gasteiger partial charge >= 0.3 is 0 Å². The highest BCUT2D eigenvalue weighted by atomic mass is 19.1. The van der Waals surface area contributed by atoms with E-state index < -0.39 is 11.7 Å². The van der Waals surface area contributed by atoms with E-state index in [1.54, 1.807) is 18.2 Å². The number of carbonyl (C=O) groups is 1. The first-order valence-corrected chi connectivity index (χ1v) is 7.84. The van der Waals surface area contributed by atoms with Crippen LogP contribution in [0.1, 0.15) is 28.9 Å². The first-order chi connectivity index (χ1) is 12.1. The lowest BCUT2D eigenvalue weighted by Crippen LogP contribution is -2.15. The van der Waals surface area contributed by atoms with Crippen LogP contribution in [0.25, 0.3) is 0 Å². The molecule has 0 radical (unpaired) electrons. The molecule has 0 aliphatic carbocycles. The molecule has 0 bridgehead atoms. The van der Waals surface area contributed by atoms with Gasteiger partial charge in [-0.3, -0.25) is 4.79 Å². The van der Waals surface area contributed by atoms with Gasteiger partial charge in [-0.25, -0.2) is 4.39 Å². The summed E-state index contributed by atoms with van der Waals surface area (Å²) in [5.74, 6) is -0.305. The fourth-order valence-corrected chi connectivity index (χ4v) is 2.35. The topological polar surface area (TPSA) is 66.9 Å². The minimum absolute atomic E-state index is 0.0378. The summed E-state index contributed by atoms with van der Waals surface area (Å²) in [5, 5.41) is 13.8. The summed E-state index contributed by atoms with van der Waals surface area (Å²) in [6.07, 6.45) is 0. The SMILES string of the molecule is CC(Nc1ccc(NC(=O)c2ccccc2F)nn1)c1ccccc1. The van der Waals surface area contributed by atoms with Crippen molar-refractivity contribution in [2.45, 2.75) is 13.0 Å². The van der Waals surface area contributed by atoms with Crippen molar-refractivity contribution in [1.29, 1.82) is 0 Å². The van der Waals surface area contributed by atoms with E-state index in [1.165, 1.54) is 18.2 Å². The highest BCUT2D eigenvalue weighted by Crippen LogP contribution is 2.18. The van der Waals surface area contributed by atoms with Gasteiger partial charge in [0.15, 0.2) is 5.82 Å². The predicted molar refractivity (Wildman–Crippen MR) is 94.9 cm³/mol. The van der Waals surface area contributed by atoms with Crippen molar-refractivity contribution in [2.24, 2.45) is 0 Å². The fourth-order valence-electron chi connectivity index (χ4n) is 2.35. The lowest BCUT2D eigenvalue weighted by molar-refractivity contribution is 0.102. The molecule has 2 N–H and O–H groups in total. The number of amides is 1. The minimum Gasteiger partial charge on any atom is -0.362 e. The van der Waals surface area contributed by atoms with Gasteiger partial charge in [0.05, 0.1) is 5.56 Å². The molecule has 0 saturated heterocycles. The number of benzene rings is 2. The van der Waals surface area contributed by atoms with Crippen LogP contribution < -0.4 is 10.6 Å². The molecule has 0 aliphatic rings. The van der Waals surface area contributed by atoms with Crippen molar-refractivity contribution in [2.75, 3.05) is 10.6 Å². The van der Waals surface area contributed by atoms with Gasteiger partial charge in [-0.15, -0.1) is 10.2 Å². The maximum atomic E-state index is 13.6. The molecule has 0 saturated carbocycles. The van der Waals surface area contributed by atoms with Gasteiger partial charge in [0, 0.05) is 6.04 Å². The molecule has 1 heterocycles. The average molecular weight is 336 g/mol. The number of anilines is 2. The third-order valence-electron chi connectivity index (χ3n) is 3.69. The second-order valence-electron chi connectivity index (χ2n) is 5.51. The zero-order chi connectivity index (χ0) is 17.6. The van der Waals surface area contributed by atoms with Crippen LogP contribution in [-0.4, -0.2) is 16.1 Å². The van der Waals surface area contributed by atoms with E-state index in [2.05, 4.69) is 20.8 Å². The lowest BCUT2D eigenvalue weighted by Gasteiger charge is -2.14. The van der Waals surface area contributed by atoms with E-state index in [0.717, 1.165) is 5.56 Å². The molecule has 0 aliphatic heterocycles. The summed E-state index contributed by atoms with van der Waals surface area (Å²) >= 11 is 0. The van der Waals surface area contributed by atoms with Crippen molar-refractivity contribution >= 4 is 17.5 Å². The molecule has 25 heavy (non-hydrogen) atoms. The third kappa shape index (κ3) is 4.17. The van der Waals surface area contributed by atoms with Gasteiger partial charge in [-0.2, -0.15) is 0 Å². The molecule has 6 heteroatoms. The number of halogens is 1. The summed E-state index contributed by atoms with van der Waals surface area (Å²) in [6.45, 7) is 2.02. The number of nitrogens with one attached hydrogen (secondary N) is 2. The molecule has 3 aromatic rings. The molecular formula is C19H17FN4O. The Morgan fingerprint density at radius 2 is 1.56 bits per heavy atom. The standard InChI is InChI=1S/C19H17FN4O/c1-13(14-7-3-2-4-8-14)21-17-11-12-18(24-23-17)22-19(25)15-9-5-6-10-16(15)20/h2-13H,1H3,(H,21,23)(H,22,24,25). The molecule has 1 amide bonds. The summed E-state index contributed by atoms with van der Waals surface area (Å²) in [6, 6.07) is 19.1. The average Bonchev–Trinajstić information content (AvgIpc) is 2.64. The number of aromatic nitrogens is 2. The van der Waals surface area contributed by atoms with Crippen LogP contribution in [-0.2, 0) is 0 Å². The largest absolute Gasteiger partial charge is 0.362 e. The van der Waals surface area contributed by atoms with Crippen molar-refractivity contribution in [3.05, 3.63) is 83.7 Å². The molecule has 1 unspecified atom stereocenters. The van der Waals surface area contributed by atoms with Gasteiger partial charge < -0.3 is 10.6 Å². The van der Waals surface area contributed by atoms with Gasteiger partial charge in [0.2, 0.25) is 0 Å². The molecule has 0 fully saturated rings. The van der Waals surface area contributed by atoms with Crippen molar-refractivity contribution in [1.82, 2.24) is 10.2 Å². The maximum absolute atomic E-state index is 13.6. The van der Waals surface area contributed by atoms with Gasteiger partial charge in [-0.05, 0) is 36.8 Å². The monoisotopic (exact) mass is 336 g/mol. The van der Waals surface area contributed by atoms with Crippen LogP contribution in [0.15, 0.2) is 66.7 Å². The Morgan fingerprint density at radius 1 is 0.920 bits per heavy atom. The summed E-state index contributed by atoms with van der Waals surface area (Å²) in [4.78, 5) is 12.0. The molecule has 5 nitrogen and oxygen atoms in total. The second-order valence-corrected chi connectivity index (χ2v) is 5.51. The number of nitrogens with zero attached hydrogens (tertiary/aromatic N) is 2. The highest BCUT2D eigenvalue weighted by molar-refractivity contribution is 6.03. The molecule has 3 rings (SSSR count). The summed E-state index contributed by atoms with van der Waals surface area (Å²) in [5.41, 5.74) is 1.09. The van der Waals surface area contributed by atoms with E-state index in [0.29, 0.717) is 5.82 Å². The molecule has 126 valence electrons. The van der Waals surface area contributed by atoms with Crippen LogP contribution in [0.4, 0.5) is 16.0 Å². The van der Waals surface area contributed by atoms with Gasteiger partial charge in [-0.1, -0.05) is 42.5 Å². The van der Waals surface area contributed by atoms with Crippen molar-refractivity contribution in [3.63, 3.8) is 0 Å². The molecular weight excluding hydrogens is 319 g/mol.